The highest BCUT2D eigenvalue weighted by molar-refractivity contribution is 6.92. The molecule has 10 fully saturated rings. The molecule has 3 unspecified atom stereocenters. The van der Waals surface area contributed by atoms with Crippen LogP contribution < -0.4 is 16.4 Å². The van der Waals surface area contributed by atoms with Gasteiger partial charge in [0.15, 0.2) is 0 Å². The molecule has 0 aromatic rings. The predicted octanol–water partition coefficient (Wildman–Crippen LogP) is 11.9. The van der Waals surface area contributed by atoms with Gasteiger partial charge in [-0.25, -0.2) is 4.79 Å². The lowest BCUT2D eigenvalue weighted by Gasteiger charge is -2.39. The van der Waals surface area contributed by atoms with Crippen LogP contribution in [0.3, 0.4) is 0 Å². The van der Waals surface area contributed by atoms with Crippen molar-refractivity contribution in [3.05, 3.63) is 122 Å². The van der Waals surface area contributed by atoms with Gasteiger partial charge in [-0.1, -0.05) is 153 Å². The van der Waals surface area contributed by atoms with Crippen LogP contribution in [0.15, 0.2) is 122 Å². The number of amides is 2. The number of carboxylic acid groups (broad SMARTS) is 1. The number of nitrogens with two attached hydrogens (primary N) is 1. The van der Waals surface area contributed by atoms with Crippen LogP contribution in [0.2, 0.25) is 0 Å². The van der Waals surface area contributed by atoms with E-state index >= 15 is 0 Å². The summed E-state index contributed by atoms with van der Waals surface area (Å²) in [5.74, 6) is -0.171. The number of epoxide rings is 2. The molecule has 674 valence electrons. The SMILES string of the molecule is C.C.C=C/C(C)=C/C[C@@H]1O[C@H](C)[C@H](N)C[C@@H]1C.C=C/C(C)=C/C[C@@H]1O[C@H](C)[C@H](NC(=O)/C=C\C(C)COC2(C)COC2)C[C@@H]1C.C=C[C@H]1O[C@H](CC(=O)OC)C[C@@]2(CO2)[C@@H]1O.CC(/C=C\C(=O)O)COC1(C)COC1.COC(=O)C[C@@H]1C[C@@]2(CO2)[C@H](O)[C@@H](/C=C/C(C)=C/C[C@@H]2O[C@H](C)[C@H](NC(=O)/C=C\C(C)COC3(C)COC3)C[C@@H]2C)O1.[3H]P([3H])[3H]. The van der Waals surface area contributed by atoms with Gasteiger partial charge in [-0.15, -0.1) is 6.58 Å². The molecule has 0 saturated carbocycles. The van der Waals surface area contributed by atoms with Gasteiger partial charge in [0.2, 0.25) is 11.8 Å². The van der Waals surface area contributed by atoms with Crippen molar-refractivity contribution in [2.75, 3.05) is 86.9 Å². The maximum atomic E-state index is 12.6. The van der Waals surface area contributed by atoms with Crippen molar-refractivity contribution in [2.45, 2.75) is 302 Å². The Labute approximate surface area is 713 Å². The topological polar surface area (TPSA) is 341 Å². The first-order valence-corrected chi connectivity index (χ1v) is 41.2. The zero-order chi connectivity index (χ0) is 88.6. The third-order valence-electron chi connectivity index (χ3n) is 22.9. The van der Waals surface area contributed by atoms with E-state index < -0.39 is 51.3 Å². The Morgan fingerprint density at radius 1 is 0.534 bits per heavy atom. The number of aliphatic hydroxyl groups is 2. The number of aliphatic hydroxyl groups excluding tert-OH is 2. The van der Waals surface area contributed by atoms with Crippen LogP contribution in [0.4, 0.5) is 0 Å². The summed E-state index contributed by atoms with van der Waals surface area (Å²) in [5, 5.41) is 35.3. The molecule has 2 spiro atoms. The molecule has 10 saturated heterocycles. The number of carbonyl (C=O) groups is 5. The Hall–Kier alpha value is -5.46. The van der Waals surface area contributed by atoms with E-state index in [0.29, 0.717) is 103 Å². The number of nitrogens with one attached hydrogen (secondary N) is 2. The van der Waals surface area contributed by atoms with E-state index in [1.54, 1.807) is 18.2 Å². The zero-order valence-corrected chi connectivity index (χ0v) is 73.1. The largest absolute Gasteiger partial charge is 0.478 e. The molecule has 0 aromatic heterocycles. The number of carbonyl (C=O) groups excluding carboxylic acids is 4. The summed E-state index contributed by atoms with van der Waals surface area (Å²) in [4.78, 5) is 58.1. The molecular formula is C91H152N3O23P. The highest BCUT2D eigenvalue weighted by atomic mass is 31.0. The number of aliphatic carboxylic acids is 1. The fourth-order valence-electron chi connectivity index (χ4n) is 14.4. The molecule has 0 radical (unpaired) electrons. The zero-order valence-electron chi connectivity index (χ0n) is 75.2. The van der Waals surface area contributed by atoms with E-state index in [1.165, 1.54) is 31.4 Å². The van der Waals surface area contributed by atoms with Crippen LogP contribution in [-0.4, -0.2) is 255 Å². The van der Waals surface area contributed by atoms with Gasteiger partial charge in [0, 0.05) is 25.0 Å². The van der Waals surface area contributed by atoms with Crippen molar-refractivity contribution < 1.29 is 110 Å². The fourth-order valence-corrected chi connectivity index (χ4v) is 14.4. The minimum Gasteiger partial charge on any atom is -0.478 e. The Kier molecular flexibility index (Phi) is 43.8. The van der Waals surface area contributed by atoms with Gasteiger partial charge in [-0.05, 0) is 148 Å². The van der Waals surface area contributed by atoms with Gasteiger partial charge in [0.05, 0.1) is 164 Å². The molecule has 0 aromatic carbocycles. The van der Waals surface area contributed by atoms with Crippen molar-refractivity contribution in [2.24, 2.45) is 41.2 Å². The van der Waals surface area contributed by atoms with Crippen LogP contribution in [-0.2, 0) is 95.0 Å². The lowest BCUT2D eigenvalue weighted by atomic mass is 9.87. The summed E-state index contributed by atoms with van der Waals surface area (Å²) in [6.07, 6.45) is 29.4. The van der Waals surface area contributed by atoms with E-state index in [9.17, 15) is 34.2 Å². The summed E-state index contributed by atoms with van der Waals surface area (Å²) >= 11 is 0. The standard InChI is InChI=1S/C32H49NO9.C23H37NO4.C13H23NO.C11H16O5.C10H16O4.2CH4.H3P/c1-20(8-11-27-30(36)32(19-40-32)15-24(42-27)14-29(35)37-6)7-10-26-22(3)13-25(23(4)41-26)33-28(34)12-9-21(2)16-39-31(5)17-38-18-31;1-7-16(2)8-10-21-18(4)12-20(19(5)28-21)24-22(25)11-9-17(3)13-27-23(6)14-26-15-23;1-5-9(2)6-7-13-10(3)8-12(14)11(4)15-13;1-3-8-10(13)11(6-15-11)5-7(16-8)4-9(12)14-2;1-8(3-4-9(11)12)5-14-10(2)6-13-7-10;;;/h7-9,11-12,21-27,30,36H,10,13-19H2,1-6H3,(H,33,34);7-9,11,17-21H,1,10,12-15H2,2-6H3,(H,24,25);5-6,10-13H,1,7-8,14H2,2-4H3;3,7-8,10,13H,1,4-6H2,2H3;3-4,8H,5-7H2,1-2H3,(H,11,12);2*1H4;1H3/b11-8+,12-9-,20-7+;11-9-,16-8+;9-6+;;4-3-;;;/t21?,22-,23+,24+,25+,26-,27+,30+,32+;17?,18-,19+,20+,21-;10-,11+,12+,13-;7-,8-,10-,11-;;;;/m0001..../s1/i;;;;;;;1T3. The van der Waals surface area contributed by atoms with Crippen LogP contribution in [0.1, 0.15) is 183 Å². The highest BCUT2D eigenvalue weighted by Crippen LogP contribution is 2.45. The second-order valence-corrected chi connectivity index (χ2v) is 34.3. The van der Waals surface area contributed by atoms with E-state index in [1.807, 2.05) is 106 Å². The quantitative estimate of drug-likeness (QED) is 0.00910. The number of rotatable bonds is 32. The fraction of sp³-hybridized carbons (Fsp3) is 0.725. The van der Waals surface area contributed by atoms with Gasteiger partial charge in [0.25, 0.3) is 0 Å². The molecule has 0 bridgehead atoms. The third-order valence-corrected chi connectivity index (χ3v) is 22.9. The smallest absolute Gasteiger partial charge is 0.327 e. The molecular weight excluding hydrogens is 1530 g/mol. The minimum atomic E-state index is -1.87. The summed E-state index contributed by atoms with van der Waals surface area (Å²) in [6, 6.07) is 0.169. The number of esters is 2. The molecule has 2 amide bonds. The first-order chi connectivity index (χ1) is 56.0. The van der Waals surface area contributed by atoms with Crippen molar-refractivity contribution in [3.63, 3.8) is 0 Å². The molecule has 118 heavy (non-hydrogen) atoms. The number of ether oxygens (including phenoxy) is 15. The first kappa shape index (κ1) is 101. The second-order valence-electron chi connectivity index (χ2n) is 34.3. The van der Waals surface area contributed by atoms with E-state index in [0.717, 1.165) is 50.2 Å². The van der Waals surface area contributed by atoms with Gasteiger partial charge >= 0.3 is 17.9 Å². The Bertz CT molecular complexity index is 3410. The third kappa shape index (κ3) is 35.4. The molecule has 26 nitrogen and oxygen atoms in total. The lowest BCUT2D eigenvalue weighted by Crippen LogP contribution is -2.50. The number of allylic oxidation sites excluding steroid dienone is 6. The predicted molar refractivity (Wildman–Crippen MR) is 463 cm³/mol. The normalized spacial score (nSPS) is 34.0. The summed E-state index contributed by atoms with van der Waals surface area (Å²) in [5.41, 5.74) is 7.67. The first-order valence-electron chi connectivity index (χ1n) is 42.6. The molecule has 10 aliphatic heterocycles. The highest BCUT2D eigenvalue weighted by Gasteiger charge is 2.60. The summed E-state index contributed by atoms with van der Waals surface area (Å²) in [7, 11) is 0.825. The summed E-state index contributed by atoms with van der Waals surface area (Å²) in [6.45, 7) is 48.4. The van der Waals surface area contributed by atoms with Crippen molar-refractivity contribution in [1.82, 2.24) is 10.6 Å². The second kappa shape index (κ2) is 51.0. The van der Waals surface area contributed by atoms with E-state index in [-0.39, 0.29) is 153 Å². The van der Waals surface area contributed by atoms with Gasteiger partial charge in [-0.2, -0.15) is 9.73 Å². The van der Waals surface area contributed by atoms with Crippen molar-refractivity contribution in [3.8, 4) is 0 Å². The maximum Gasteiger partial charge on any atom is 0.327 e. The van der Waals surface area contributed by atoms with Gasteiger partial charge in [-0.3, -0.25) is 19.2 Å². The lowest BCUT2D eigenvalue weighted by molar-refractivity contribution is -0.201. The summed E-state index contributed by atoms with van der Waals surface area (Å²) < 4.78 is 101. The van der Waals surface area contributed by atoms with E-state index in [2.05, 4.69) is 88.0 Å². The van der Waals surface area contributed by atoms with Crippen LogP contribution >= 0.6 is 9.73 Å². The molecule has 0 aliphatic carbocycles. The average molecular weight is 1690 g/mol. The van der Waals surface area contributed by atoms with Gasteiger partial charge in [0.1, 0.15) is 52.4 Å². The molecule has 10 aliphatic rings. The number of methoxy groups -OCH3 is 2. The van der Waals surface area contributed by atoms with Crippen LogP contribution in [0.5, 0.6) is 0 Å². The van der Waals surface area contributed by atoms with Crippen LogP contribution in [0.25, 0.3) is 0 Å². The molecule has 7 N–H and O–H groups in total. The molecule has 27 heteroatoms. The number of hydrogen-bond donors (Lipinski definition) is 6. The van der Waals surface area contributed by atoms with Crippen LogP contribution in [0, 0.1) is 35.5 Å². The number of hydrogen-bond acceptors (Lipinski definition) is 23. The van der Waals surface area contributed by atoms with Crippen molar-refractivity contribution >= 4 is 39.5 Å². The average Bonchev–Trinajstić information content (AvgIpc) is 1.60. The Morgan fingerprint density at radius 3 is 1.20 bits per heavy atom. The van der Waals surface area contributed by atoms with Crippen molar-refractivity contribution in [1.29, 1.82) is 3.84 Å². The van der Waals surface area contributed by atoms with E-state index in [4.69, 9.17) is 81.0 Å². The molecule has 10 rings (SSSR count). The maximum absolute atomic E-state index is 12.6. The number of carboxylic acids is 1. The Balaban J connectivity index is 0.000000412. The minimum absolute atomic E-state index is 0. The molecule has 10 heterocycles. The monoisotopic (exact) mass is 1690 g/mol. The van der Waals surface area contributed by atoms with Gasteiger partial charge < -0.3 is 103 Å². The molecule has 23 atom stereocenters. The Morgan fingerprint density at radius 2 is 0.873 bits per heavy atom.